The number of rotatable bonds is 7. The maximum Gasteiger partial charge on any atom is 0.321 e. The highest BCUT2D eigenvalue weighted by Crippen LogP contribution is 2.22. The molecule has 0 aromatic carbocycles. The van der Waals surface area contributed by atoms with Crippen LogP contribution in [-0.2, 0) is 0 Å². The van der Waals surface area contributed by atoms with Gasteiger partial charge in [-0.15, -0.1) is 0 Å². The minimum absolute atomic E-state index is 0.0166. The van der Waals surface area contributed by atoms with Crippen LogP contribution < -0.4 is 10.1 Å². The Morgan fingerprint density at radius 2 is 2.20 bits per heavy atom. The Hall–Kier alpha value is -1.78. The lowest BCUT2D eigenvalue weighted by Crippen LogP contribution is -2.35. The molecule has 20 heavy (non-hydrogen) atoms. The van der Waals surface area contributed by atoms with Gasteiger partial charge in [0.25, 0.3) is 0 Å². The van der Waals surface area contributed by atoms with E-state index in [1.165, 1.54) is 0 Å². The fraction of sp³-hybridized carbons (Fsp3) is 0.600. The SMILES string of the molecule is CCCCN(CC)C(=O)Nc1cccnc1OC(C)C. The number of urea groups is 1. The smallest absolute Gasteiger partial charge is 0.321 e. The second-order valence-electron chi connectivity index (χ2n) is 4.89. The summed E-state index contributed by atoms with van der Waals surface area (Å²) in [7, 11) is 0. The Morgan fingerprint density at radius 3 is 2.80 bits per heavy atom. The Bertz CT molecular complexity index is 421. The number of aromatic nitrogens is 1. The largest absolute Gasteiger partial charge is 0.473 e. The zero-order valence-corrected chi connectivity index (χ0v) is 12.8. The molecule has 0 atom stereocenters. The molecule has 112 valence electrons. The number of ether oxygens (including phenoxy) is 1. The quantitative estimate of drug-likeness (QED) is 0.830. The predicted molar refractivity (Wildman–Crippen MR) is 81.2 cm³/mol. The summed E-state index contributed by atoms with van der Waals surface area (Å²) in [6.45, 7) is 9.40. The topological polar surface area (TPSA) is 54.5 Å². The molecule has 0 fully saturated rings. The molecular formula is C15H25N3O2. The molecule has 0 bridgehead atoms. The van der Waals surface area contributed by atoms with Crippen molar-refractivity contribution in [1.82, 2.24) is 9.88 Å². The van der Waals surface area contributed by atoms with Crippen molar-refractivity contribution in [3.05, 3.63) is 18.3 Å². The van der Waals surface area contributed by atoms with Crippen LogP contribution >= 0.6 is 0 Å². The first-order valence-corrected chi connectivity index (χ1v) is 7.26. The van der Waals surface area contributed by atoms with Crippen molar-refractivity contribution in [2.75, 3.05) is 18.4 Å². The van der Waals surface area contributed by atoms with E-state index >= 15 is 0 Å². The number of nitrogens with zero attached hydrogens (tertiary/aromatic N) is 2. The molecule has 0 aliphatic carbocycles. The van der Waals surface area contributed by atoms with Crippen molar-refractivity contribution in [1.29, 1.82) is 0 Å². The Balaban J connectivity index is 2.73. The minimum Gasteiger partial charge on any atom is -0.473 e. The maximum atomic E-state index is 12.2. The molecule has 0 unspecified atom stereocenters. The molecule has 1 N–H and O–H groups in total. The van der Waals surface area contributed by atoms with Crippen molar-refractivity contribution in [2.45, 2.75) is 46.6 Å². The highest BCUT2D eigenvalue weighted by Gasteiger charge is 2.14. The number of hydrogen-bond acceptors (Lipinski definition) is 3. The van der Waals surface area contributed by atoms with Gasteiger partial charge >= 0.3 is 6.03 Å². The van der Waals surface area contributed by atoms with E-state index in [4.69, 9.17) is 4.74 Å². The summed E-state index contributed by atoms with van der Waals surface area (Å²) in [5, 5.41) is 2.88. The second kappa shape index (κ2) is 8.40. The van der Waals surface area contributed by atoms with E-state index in [0.717, 1.165) is 19.4 Å². The molecule has 5 heteroatoms. The lowest BCUT2D eigenvalue weighted by Gasteiger charge is -2.22. The number of anilines is 1. The van der Waals surface area contributed by atoms with Crippen LogP contribution in [0.4, 0.5) is 10.5 Å². The van der Waals surface area contributed by atoms with Crippen molar-refractivity contribution in [3.8, 4) is 5.88 Å². The number of amides is 2. The van der Waals surface area contributed by atoms with Gasteiger partial charge in [-0.3, -0.25) is 0 Å². The van der Waals surface area contributed by atoms with E-state index in [9.17, 15) is 4.79 Å². The molecular weight excluding hydrogens is 254 g/mol. The lowest BCUT2D eigenvalue weighted by atomic mass is 10.3. The van der Waals surface area contributed by atoms with Gasteiger partial charge in [0.05, 0.1) is 6.10 Å². The molecule has 1 rings (SSSR count). The van der Waals surface area contributed by atoms with Crippen LogP contribution in [0.25, 0.3) is 0 Å². The highest BCUT2D eigenvalue weighted by atomic mass is 16.5. The van der Waals surface area contributed by atoms with Gasteiger partial charge < -0.3 is 15.0 Å². The summed E-state index contributed by atoms with van der Waals surface area (Å²) >= 11 is 0. The summed E-state index contributed by atoms with van der Waals surface area (Å²) < 4.78 is 5.60. The molecule has 5 nitrogen and oxygen atoms in total. The van der Waals surface area contributed by atoms with Gasteiger partial charge in [-0.1, -0.05) is 13.3 Å². The molecule has 0 spiro atoms. The summed E-state index contributed by atoms with van der Waals surface area (Å²) in [6, 6.07) is 3.48. The Kier molecular flexibility index (Phi) is 6.84. The van der Waals surface area contributed by atoms with Crippen molar-refractivity contribution in [3.63, 3.8) is 0 Å². The third kappa shape index (κ3) is 5.07. The normalized spacial score (nSPS) is 10.4. The molecule has 0 saturated heterocycles. The highest BCUT2D eigenvalue weighted by molar-refractivity contribution is 5.90. The van der Waals surface area contributed by atoms with Gasteiger partial charge in [-0.25, -0.2) is 9.78 Å². The van der Waals surface area contributed by atoms with Crippen molar-refractivity contribution < 1.29 is 9.53 Å². The van der Waals surface area contributed by atoms with E-state index in [1.807, 2.05) is 20.8 Å². The number of carbonyl (C=O) groups excluding carboxylic acids is 1. The van der Waals surface area contributed by atoms with Crippen LogP contribution in [0.5, 0.6) is 5.88 Å². The fourth-order valence-corrected chi connectivity index (χ4v) is 1.75. The Labute approximate surface area is 121 Å². The summed E-state index contributed by atoms with van der Waals surface area (Å²) in [4.78, 5) is 18.2. The van der Waals surface area contributed by atoms with Crippen LogP contribution in [0.15, 0.2) is 18.3 Å². The molecule has 1 aromatic heterocycles. The average molecular weight is 279 g/mol. The van der Waals surface area contributed by atoms with E-state index in [1.54, 1.807) is 23.2 Å². The van der Waals surface area contributed by atoms with Gasteiger partial charge in [-0.2, -0.15) is 0 Å². The van der Waals surface area contributed by atoms with Gasteiger partial charge in [-0.05, 0) is 39.3 Å². The van der Waals surface area contributed by atoms with E-state index in [-0.39, 0.29) is 12.1 Å². The molecule has 1 heterocycles. The van der Waals surface area contributed by atoms with E-state index in [2.05, 4.69) is 17.2 Å². The van der Waals surface area contributed by atoms with Crippen LogP contribution in [0.1, 0.15) is 40.5 Å². The second-order valence-corrected chi connectivity index (χ2v) is 4.89. The van der Waals surface area contributed by atoms with Crippen molar-refractivity contribution in [2.24, 2.45) is 0 Å². The zero-order chi connectivity index (χ0) is 15.0. The van der Waals surface area contributed by atoms with Crippen LogP contribution in [-0.4, -0.2) is 35.1 Å². The number of unbranched alkanes of at least 4 members (excludes halogenated alkanes) is 1. The number of hydrogen-bond donors (Lipinski definition) is 1. The monoisotopic (exact) mass is 279 g/mol. The first-order valence-electron chi connectivity index (χ1n) is 7.26. The van der Waals surface area contributed by atoms with E-state index in [0.29, 0.717) is 18.1 Å². The average Bonchev–Trinajstić information content (AvgIpc) is 2.41. The van der Waals surface area contributed by atoms with Gasteiger partial charge in [0.15, 0.2) is 0 Å². The summed E-state index contributed by atoms with van der Waals surface area (Å²) in [6.07, 6.45) is 3.74. The first kappa shape index (κ1) is 16.3. The first-order chi connectivity index (χ1) is 9.58. The molecule has 0 aliphatic heterocycles. The van der Waals surface area contributed by atoms with E-state index < -0.39 is 0 Å². The number of pyridine rings is 1. The number of nitrogens with one attached hydrogen (secondary N) is 1. The maximum absolute atomic E-state index is 12.2. The number of carbonyl (C=O) groups is 1. The van der Waals surface area contributed by atoms with Gasteiger partial charge in [0.2, 0.25) is 5.88 Å². The molecule has 0 radical (unpaired) electrons. The van der Waals surface area contributed by atoms with Crippen LogP contribution in [0, 0.1) is 0 Å². The molecule has 0 saturated carbocycles. The lowest BCUT2D eigenvalue weighted by molar-refractivity contribution is 0.212. The van der Waals surface area contributed by atoms with Crippen LogP contribution in [0.3, 0.4) is 0 Å². The summed E-state index contributed by atoms with van der Waals surface area (Å²) in [5.74, 6) is 0.461. The molecule has 2 amide bonds. The Morgan fingerprint density at radius 1 is 1.45 bits per heavy atom. The zero-order valence-electron chi connectivity index (χ0n) is 12.8. The third-order valence-electron chi connectivity index (χ3n) is 2.81. The molecule has 0 aliphatic rings. The van der Waals surface area contributed by atoms with Gasteiger partial charge in [0, 0.05) is 19.3 Å². The third-order valence-corrected chi connectivity index (χ3v) is 2.81. The predicted octanol–water partition coefficient (Wildman–Crippen LogP) is 3.52. The minimum atomic E-state index is -0.109. The fourth-order valence-electron chi connectivity index (χ4n) is 1.75. The van der Waals surface area contributed by atoms with Gasteiger partial charge in [0.1, 0.15) is 5.69 Å². The summed E-state index contributed by atoms with van der Waals surface area (Å²) in [5.41, 5.74) is 0.612. The van der Waals surface area contributed by atoms with Crippen LogP contribution in [0.2, 0.25) is 0 Å². The van der Waals surface area contributed by atoms with Crippen molar-refractivity contribution >= 4 is 11.7 Å². The molecule has 1 aromatic rings. The standard InChI is InChI=1S/C15H25N3O2/c1-5-7-11-18(6-2)15(19)17-13-9-8-10-16-14(13)20-12(3)4/h8-10,12H,5-7,11H2,1-4H3,(H,17,19).